The number of nitrogens with one attached hydrogen (secondary N) is 2. The number of hydrogen-bond donors (Lipinski definition) is 2. The molecule has 0 aliphatic heterocycles. The third kappa shape index (κ3) is 4.34. The first-order valence-corrected chi connectivity index (χ1v) is 8.07. The van der Waals surface area contributed by atoms with Gasteiger partial charge in [0.15, 0.2) is 0 Å². The topological polar surface area (TPSA) is 62.7 Å². The number of pyridine rings is 1. The maximum absolute atomic E-state index is 6.03. The van der Waals surface area contributed by atoms with Crippen molar-refractivity contribution in [3.8, 4) is 0 Å². The molecule has 0 fully saturated rings. The van der Waals surface area contributed by atoms with Crippen LogP contribution >= 0.6 is 23.2 Å². The minimum Gasteiger partial charge on any atom is -0.364 e. The lowest BCUT2D eigenvalue weighted by Gasteiger charge is -2.10. The van der Waals surface area contributed by atoms with E-state index in [-0.39, 0.29) is 0 Å². The second-order valence-electron chi connectivity index (χ2n) is 5.15. The Morgan fingerprint density at radius 1 is 1.00 bits per heavy atom. The molecule has 0 aliphatic rings. The number of aryl methyl sites for hydroxylation is 1. The Bertz CT molecular complexity index is 840. The highest BCUT2D eigenvalue weighted by molar-refractivity contribution is 6.42. The molecule has 0 bridgehead atoms. The predicted molar refractivity (Wildman–Crippen MR) is 98.1 cm³/mol. The van der Waals surface area contributed by atoms with E-state index in [9.17, 15) is 0 Å². The molecule has 0 unspecified atom stereocenters. The van der Waals surface area contributed by atoms with Gasteiger partial charge in [-0.25, -0.2) is 4.98 Å². The van der Waals surface area contributed by atoms with Crippen molar-refractivity contribution in [2.75, 3.05) is 10.6 Å². The number of aromatic nitrogens is 3. The molecular weight excluding hydrogens is 345 g/mol. The summed E-state index contributed by atoms with van der Waals surface area (Å²) < 4.78 is 0. The fraction of sp³-hybridized carbons (Fsp3) is 0.118. The van der Waals surface area contributed by atoms with Crippen LogP contribution in [0.15, 0.2) is 48.7 Å². The van der Waals surface area contributed by atoms with Crippen molar-refractivity contribution in [3.63, 3.8) is 0 Å². The van der Waals surface area contributed by atoms with Crippen LogP contribution in [-0.4, -0.2) is 15.0 Å². The Kier molecular flexibility index (Phi) is 5.13. The van der Waals surface area contributed by atoms with Crippen molar-refractivity contribution in [2.45, 2.75) is 13.5 Å². The molecule has 3 rings (SSSR count). The number of halogens is 2. The fourth-order valence-electron chi connectivity index (χ4n) is 2.10. The molecule has 0 amide bonds. The summed E-state index contributed by atoms with van der Waals surface area (Å²) in [5.74, 6) is 1.20. The van der Waals surface area contributed by atoms with E-state index in [2.05, 4.69) is 25.6 Å². The smallest absolute Gasteiger partial charge is 0.229 e. The van der Waals surface area contributed by atoms with E-state index in [4.69, 9.17) is 23.2 Å². The molecule has 5 nitrogen and oxygen atoms in total. The zero-order valence-corrected chi connectivity index (χ0v) is 14.4. The quantitative estimate of drug-likeness (QED) is 0.682. The molecule has 3 aromatic rings. The number of hydrogen-bond acceptors (Lipinski definition) is 5. The number of nitrogens with zero attached hydrogens (tertiary/aromatic N) is 3. The summed E-state index contributed by atoms with van der Waals surface area (Å²) in [5.41, 5.74) is 2.55. The molecule has 2 N–H and O–H groups in total. The normalized spacial score (nSPS) is 10.5. The monoisotopic (exact) mass is 359 g/mol. The molecule has 7 heteroatoms. The van der Waals surface area contributed by atoms with Gasteiger partial charge in [-0.3, -0.25) is 4.98 Å². The first-order valence-electron chi connectivity index (χ1n) is 7.32. The molecule has 2 aromatic heterocycles. The van der Waals surface area contributed by atoms with Gasteiger partial charge < -0.3 is 10.6 Å². The summed E-state index contributed by atoms with van der Waals surface area (Å²) in [7, 11) is 0. The summed E-state index contributed by atoms with van der Waals surface area (Å²) >= 11 is 12.0. The van der Waals surface area contributed by atoms with Gasteiger partial charge in [0.1, 0.15) is 5.82 Å². The fourth-order valence-corrected chi connectivity index (χ4v) is 2.40. The Morgan fingerprint density at radius 2 is 1.88 bits per heavy atom. The highest BCUT2D eigenvalue weighted by Gasteiger charge is 2.05. The van der Waals surface area contributed by atoms with Crippen molar-refractivity contribution in [2.24, 2.45) is 0 Å². The maximum atomic E-state index is 6.03. The van der Waals surface area contributed by atoms with Crippen LogP contribution in [-0.2, 0) is 6.54 Å². The number of rotatable bonds is 5. The number of benzene rings is 1. The average Bonchev–Trinajstić information content (AvgIpc) is 2.57. The van der Waals surface area contributed by atoms with Gasteiger partial charge in [-0.1, -0.05) is 29.3 Å². The molecular formula is C17H15Cl2N5. The first-order chi connectivity index (χ1) is 11.6. The van der Waals surface area contributed by atoms with Gasteiger partial charge in [-0.05, 0) is 37.3 Å². The minimum atomic E-state index is 0.475. The third-order valence-electron chi connectivity index (χ3n) is 3.21. The van der Waals surface area contributed by atoms with E-state index >= 15 is 0 Å². The van der Waals surface area contributed by atoms with E-state index in [1.54, 1.807) is 18.3 Å². The molecule has 0 aliphatic carbocycles. The van der Waals surface area contributed by atoms with Crippen LogP contribution in [0, 0.1) is 6.92 Å². The summed E-state index contributed by atoms with van der Waals surface area (Å²) in [6, 6.07) is 12.9. The molecule has 0 saturated heterocycles. The van der Waals surface area contributed by atoms with Gasteiger partial charge in [0.2, 0.25) is 5.95 Å². The van der Waals surface area contributed by atoms with E-state index in [1.807, 2.05) is 37.3 Å². The van der Waals surface area contributed by atoms with Crippen molar-refractivity contribution in [1.29, 1.82) is 0 Å². The molecule has 2 heterocycles. The lowest BCUT2D eigenvalue weighted by Crippen LogP contribution is -2.06. The second kappa shape index (κ2) is 7.47. The predicted octanol–water partition coefficient (Wildman–Crippen LogP) is 4.84. The van der Waals surface area contributed by atoms with Crippen molar-refractivity contribution in [3.05, 3.63) is 70.1 Å². The van der Waals surface area contributed by atoms with Gasteiger partial charge in [0.25, 0.3) is 0 Å². The van der Waals surface area contributed by atoms with Crippen LogP contribution in [0.2, 0.25) is 10.0 Å². The summed E-state index contributed by atoms with van der Waals surface area (Å²) in [4.78, 5) is 13.1. The average molecular weight is 360 g/mol. The van der Waals surface area contributed by atoms with Crippen LogP contribution in [0.1, 0.15) is 11.4 Å². The molecule has 1 aromatic carbocycles. The van der Waals surface area contributed by atoms with Gasteiger partial charge in [-0.2, -0.15) is 4.98 Å². The maximum Gasteiger partial charge on any atom is 0.229 e. The van der Waals surface area contributed by atoms with E-state index < -0.39 is 0 Å². The lowest BCUT2D eigenvalue weighted by atomic mass is 10.3. The molecule has 0 spiro atoms. The molecule has 0 atom stereocenters. The van der Waals surface area contributed by atoms with Crippen molar-refractivity contribution >= 4 is 40.7 Å². The zero-order valence-electron chi connectivity index (χ0n) is 12.9. The number of anilines is 3. The Hall–Kier alpha value is -2.37. The van der Waals surface area contributed by atoms with Gasteiger partial charge >= 0.3 is 0 Å². The van der Waals surface area contributed by atoms with Gasteiger partial charge in [0, 0.05) is 23.6 Å². The largest absolute Gasteiger partial charge is 0.364 e. The highest BCUT2D eigenvalue weighted by atomic mass is 35.5. The summed E-state index contributed by atoms with van der Waals surface area (Å²) in [6.45, 7) is 2.50. The third-order valence-corrected chi connectivity index (χ3v) is 3.95. The SMILES string of the molecule is Cc1cc(NCc2ccccn2)nc(Nc2ccc(Cl)c(Cl)c2)n1. The van der Waals surface area contributed by atoms with Crippen molar-refractivity contribution in [1.82, 2.24) is 15.0 Å². The molecule has 24 heavy (non-hydrogen) atoms. The van der Waals surface area contributed by atoms with Crippen LogP contribution in [0.25, 0.3) is 0 Å². The van der Waals surface area contributed by atoms with Crippen LogP contribution in [0.5, 0.6) is 0 Å². The van der Waals surface area contributed by atoms with Crippen LogP contribution < -0.4 is 10.6 Å². The van der Waals surface area contributed by atoms with E-state index in [0.717, 1.165) is 22.9 Å². The zero-order chi connectivity index (χ0) is 16.9. The van der Waals surface area contributed by atoms with Crippen molar-refractivity contribution < 1.29 is 0 Å². The Labute approximate surface area is 150 Å². The lowest BCUT2D eigenvalue weighted by molar-refractivity contribution is 1.01. The standard InChI is InChI=1S/C17H15Cl2N5/c1-11-8-16(21-10-13-4-2-3-7-20-13)24-17(22-11)23-12-5-6-14(18)15(19)9-12/h2-9H,10H2,1H3,(H2,21,22,23,24). The summed E-state index contributed by atoms with van der Waals surface area (Å²) in [5, 5.41) is 7.36. The second-order valence-corrected chi connectivity index (χ2v) is 5.96. The minimum absolute atomic E-state index is 0.475. The van der Waals surface area contributed by atoms with E-state index in [1.165, 1.54) is 0 Å². The highest BCUT2D eigenvalue weighted by Crippen LogP contribution is 2.26. The van der Waals surface area contributed by atoms with Crippen LogP contribution in [0.3, 0.4) is 0 Å². The molecule has 0 saturated carbocycles. The van der Waals surface area contributed by atoms with Gasteiger partial charge in [0.05, 0.1) is 22.3 Å². The Balaban J connectivity index is 1.74. The van der Waals surface area contributed by atoms with E-state index in [0.29, 0.717) is 22.5 Å². The summed E-state index contributed by atoms with van der Waals surface area (Å²) in [6.07, 6.45) is 1.76. The Morgan fingerprint density at radius 3 is 2.62 bits per heavy atom. The first kappa shape index (κ1) is 16.5. The molecule has 0 radical (unpaired) electrons. The van der Waals surface area contributed by atoms with Gasteiger partial charge in [-0.15, -0.1) is 0 Å². The molecule has 122 valence electrons. The van der Waals surface area contributed by atoms with Crippen LogP contribution in [0.4, 0.5) is 17.5 Å².